The van der Waals surface area contributed by atoms with Crippen LogP contribution < -0.4 is 26.0 Å². The number of thiophene rings is 1. The Labute approximate surface area is 530 Å². The van der Waals surface area contributed by atoms with E-state index in [1.54, 1.807) is 41.7 Å². The lowest BCUT2D eigenvalue weighted by Gasteiger charge is -2.38. The van der Waals surface area contributed by atoms with E-state index in [0.717, 1.165) is 16.7 Å². The van der Waals surface area contributed by atoms with Crippen molar-refractivity contribution in [2.45, 2.75) is 170 Å². The number of ketones is 4. The summed E-state index contributed by atoms with van der Waals surface area (Å²) in [6, 6.07) is 37.6. The first-order chi connectivity index (χ1) is 43.0. The Morgan fingerprint density at radius 1 is 0.533 bits per heavy atom. The molecule has 9 rings (SSSR count). The smallest absolute Gasteiger partial charge is 0.445 e. The number of carbonyl (C=O) groups is 7. The van der Waals surface area contributed by atoms with E-state index >= 15 is 0 Å². The van der Waals surface area contributed by atoms with Crippen LogP contribution in [-0.4, -0.2) is 146 Å². The van der Waals surface area contributed by atoms with Crippen LogP contribution in [0.1, 0.15) is 121 Å². The first kappa shape index (κ1) is 72.2. The van der Waals surface area contributed by atoms with Gasteiger partial charge >= 0.3 is 40.6 Å². The Kier molecular flexibility index (Phi) is 29.5. The molecule has 4 fully saturated rings. The topological polar surface area (TPSA) is 341 Å². The molecule has 4 aliphatic rings. The number of rotatable bonds is 20. The van der Waals surface area contributed by atoms with E-state index in [2.05, 4.69) is 26.0 Å². The van der Waals surface area contributed by atoms with E-state index < -0.39 is 68.4 Å². The third kappa shape index (κ3) is 25.4. The minimum absolute atomic E-state index is 0.0180. The van der Waals surface area contributed by atoms with Crippen molar-refractivity contribution in [1.82, 2.24) is 20.7 Å². The maximum Gasteiger partial charge on any atom is 0.479 e. The molecule has 23 nitrogen and oxygen atoms in total. The van der Waals surface area contributed by atoms with Crippen molar-refractivity contribution < 1.29 is 85.4 Å². The zero-order valence-electron chi connectivity index (χ0n) is 50.8. The van der Waals surface area contributed by atoms with Crippen molar-refractivity contribution in [3.8, 4) is 0 Å². The lowest BCUT2D eigenvalue weighted by atomic mass is 9.64. The number of ether oxygens (including phenoxy) is 1. The molecule has 4 aliphatic heterocycles. The minimum atomic E-state index is -3.69. The van der Waals surface area contributed by atoms with Crippen LogP contribution in [0.15, 0.2) is 143 Å². The van der Waals surface area contributed by atoms with Crippen molar-refractivity contribution in [2.24, 2.45) is 0 Å². The third-order valence-corrected chi connectivity index (χ3v) is 17.0. The largest absolute Gasteiger partial charge is 0.479 e. The summed E-state index contributed by atoms with van der Waals surface area (Å²) in [7, 11) is -8.30. The van der Waals surface area contributed by atoms with E-state index in [0.29, 0.717) is 57.1 Å². The number of nitrogens with one attached hydrogen (secondary N) is 5. The van der Waals surface area contributed by atoms with Crippen LogP contribution >= 0.6 is 11.3 Å². The van der Waals surface area contributed by atoms with Crippen molar-refractivity contribution in [3.63, 3.8) is 0 Å². The van der Waals surface area contributed by atoms with Gasteiger partial charge in [-0.05, 0) is 130 Å². The molecule has 0 spiro atoms. The third-order valence-electron chi connectivity index (χ3n) is 14.8. The predicted molar refractivity (Wildman–Crippen MR) is 341 cm³/mol. The highest BCUT2D eigenvalue weighted by Gasteiger charge is 2.44. The summed E-state index contributed by atoms with van der Waals surface area (Å²) >= 11 is 1.55. The van der Waals surface area contributed by atoms with Gasteiger partial charge in [-0.3, -0.25) is 24.0 Å². The molecular weight excluding hydrogens is 1200 g/mol. The zero-order valence-corrected chi connectivity index (χ0v) is 52.4. The number of sulfonamides is 1. The van der Waals surface area contributed by atoms with Crippen LogP contribution in [0, 0.1) is 0 Å². The molecule has 5 aromatic rings. The van der Waals surface area contributed by atoms with Gasteiger partial charge < -0.3 is 64.7 Å². The number of urea groups is 1. The summed E-state index contributed by atoms with van der Waals surface area (Å²) < 4.78 is 53.5. The van der Waals surface area contributed by atoms with E-state index in [1.807, 2.05) is 95.7 Å². The second-order valence-electron chi connectivity index (χ2n) is 22.5. The van der Waals surface area contributed by atoms with Gasteiger partial charge in [-0.2, -0.15) is 11.3 Å². The molecule has 5 heterocycles. The average Bonchev–Trinajstić information content (AvgIpc) is 2.84. The number of benzene rings is 4. The number of anilines is 1. The molecule has 4 saturated heterocycles. The highest BCUT2D eigenvalue weighted by Crippen LogP contribution is 2.33. The molecule has 90 heavy (non-hydrogen) atoms. The van der Waals surface area contributed by atoms with E-state index in [4.69, 9.17) is 23.4 Å². The number of amides is 4. The standard InChI is InChI=1S/C19H22BNO4S.C15H20BNO5.C14H19BN2O4.C13H18BNO5S/c1-13(22)9-16-11-17(15-5-3-2-4-6-15)19(20(24)25-16)21-18(23)10-14-7-8-26-12-14;1-11(18)9-13-7-8-14(16(20)22-13)17-15(19)21-10-12-5-3-2-4-6-12;1-10(18)9-12-7-8-13(15(20)21-12)17-14(19)16-11-5-3-2-4-6-11;1-10(16)9-11-7-8-13(14(17)20-11)15-21(18,19)12-5-3-2-4-6-12/h2-8,12,16-17,19,24H,9-11H2,1H3,(H,21,23);2-6,13-14,20H,7-10H2,1H3,(H,17,19);2-6,12-13,20H,7-9H2,1H3,(H2,16,17,19);2-6,11,13,15,17H,7-9H2,1H3/t16-,17?,19+;13-,14-;12-,13-;11-,13-/m1000/s1. The summed E-state index contributed by atoms with van der Waals surface area (Å²) in [5.74, 6) is -2.47. The fourth-order valence-electron chi connectivity index (χ4n) is 10.5. The number of hydrogen-bond acceptors (Lipinski definition) is 19. The van der Waals surface area contributed by atoms with Gasteiger partial charge in [-0.25, -0.2) is 22.7 Å². The van der Waals surface area contributed by atoms with Gasteiger partial charge in [0.2, 0.25) is 15.9 Å². The van der Waals surface area contributed by atoms with E-state index in [1.165, 1.54) is 39.8 Å². The maximum absolute atomic E-state index is 12.4. The number of carbonyl (C=O) groups excluding carboxylic acids is 7. The lowest BCUT2D eigenvalue weighted by Crippen LogP contribution is -2.57. The van der Waals surface area contributed by atoms with Crippen molar-refractivity contribution in [3.05, 3.63) is 155 Å². The first-order valence-electron chi connectivity index (χ1n) is 29.8. The zero-order chi connectivity index (χ0) is 65.2. The molecule has 0 radical (unpaired) electrons. The maximum atomic E-state index is 12.4. The van der Waals surface area contributed by atoms with Crippen LogP contribution in [0.2, 0.25) is 0 Å². The second-order valence-corrected chi connectivity index (χ2v) is 25.0. The Hall–Kier alpha value is -6.88. The summed E-state index contributed by atoms with van der Waals surface area (Å²) in [4.78, 5) is 80.7. The molecule has 9 atom stereocenters. The Morgan fingerprint density at radius 3 is 1.48 bits per heavy atom. The number of Topliss-reactive ketones (excluding diaryl/α,β-unsaturated/α-hetero) is 4. The van der Waals surface area contributed by atoms with Gasteiger partial charge in [0.05, 0.1) is 41.2 Å². The summed E-state index contributed by atoms with van der Waals surface area (Å²) in [6.45, 7) is 6.12. The molecule has 4 amide bonds. The Bertz CT molecular complexity index is 3170. The van der Waals surface area contributed by atoms with Gasteiger partial charge in [0.25, 0.3) is 0 Å². The van der Waals surface area contributed by atoms with Gasteiger partial charge in [0, 0.05) is 55.6 Å². The van der Waals surface area contributed by atoms with Crippen molar-refractivity contribution in [2.75, 3.05) is 5.32 Å². The van der Waals surface area contributed by atoms with Gasteiger partial charge in [0.15, 0.2) is 0 Å². The summed E-state index contributed by atoms with van der Waals surface area (Å²) in [5.41, 5.74) is 3.53. The van der Waals surface area contributed by atoms with E-state index in [9.17, 15) is 62.1 Å². The fourth-order valence-corrected chi connectivity index (χ4v) is 12.5. The molecular formula is C61H79B4N5O18S2. The number of para-hydroxylation sites is 1. The molecule has 9 N–H and O–H groups in total. The van der Waals surface area contributed by atoms with Crippen LogP contribution in [0.5, 0.6) is 0 Å². The monoisotopic (exact) mass is 1280 g/mol. The normalized spacial score (nSPS) is 22.2. The van der Waals surface area contributed by atoms with Crippen LogP contribution in [-0.2, 0) is 70.4 Å². The predicted octanol–water partition coefficient (Wildman–Crippen LogP) is 5.67. The van der Waals surface area contributed by atoms with E-state index in [-0.39, 0.29) is 103 Å². The summed E-state index contributed by atoms with van der Waals surface area (Å²) in [5, 5.41) is 54.9. The number of hydrogen-bond donors (Lipinski definition) is 9. The Balaban J connectivity index is 0.000000192. The van der Waals surface area contributed by atoms with Crippen molar-refractivity contribution >= 4 is 96.7 Å². The fraction of sp³-hybridized carbons (Fsp3) is 0.426. The molecule has 480 valence electrons. The quantitative estimate of drug-likeness (QED) is 0.0424. The lowest BCUT2D eigenvalue weighted by molar-refractivity contribution is -0.122. The molecule has 0 aliphatic carbocycles. The highest BCUT2D eigenvalue weighted by atomic mass is 32.2. The highest BCUT2D eigenvalue weighted by molar-refractivity contribution is 7.89. The average molecular weight is 1280 g/mol. The first-order valence-corrected chi connectivity index (χ1v) is 32.3. The van der Waals surface area contributed by atoms with Crippen LogP contribution in [0.25, 0.3) is 0 Å². The van der Waals surface area contributed by atoms with Crippen LogP contribution in [0.4, 0.5) is 15.3 Å². The van der Waals surface area contributed by atoms with Gasteiger partial charge in [-0.15, -0.1) is 0 Å². The van der Waals surface area contributed by atoms with Gasteiger partial charge in [-0.1, -0.05) is 97.1 Å². The minimum Gasteiger partial charge on any atom is -0.445 e. The molecule has 1 aromatic heterocycles. The molecule has 29 heteroatoms. The number of alkyl carbamates (subject to hydrolysis) is 1. The summed E-state index contributed by atoms with van der Waals surface area (Å²) in [6.07, 6.45) is 3.35. The Morgan fingerprint density at radius 2 is 0.989 bits per heavy atom. The molecule has 1 unspecified atom stereocenters. The molecule has 4 aromatic carbocycles. The van der Waals surface area contributed by atoms with Crippen LogP contribution in [0.3, 0.4) is 0 Å². The van der Waals surface area contributed by atoms with Crippen molar-refractivity contribution in [1.29, 1.82) is 0 Å². The van der Waals surface area contributed by atoms with Gasteiger partial charge in [0.1, 0.15) is 29.7 Å². The molecule has 0 saturated carbocycles. The molecule has 0 bridgehead atoms. The second kappa shape index (κ2) is 36.8. The SMILES string of the molecule is CC(=O)C[C@@H]1CC(c2ccccc2)[C@H](NC(=O)Cc2ccsc2)B(O)O1.CC(=O)C[C@@H]1CC[C@H](NC(=O)Nc2ccccc2)B(O)O1.CC(=O)C[C@@H]1CC[C@H](NC(=O)OCc2ccccc2)B(O)O1.CC(=O)C[C@@H]1CC[C@H](NS(=O)(=O)c2ccccc2)B(O)O1.